The third-order valence-electron chi connectivity index (χ3n) is 3.65. The maximum atomic E-state index is 5.73. The zero-order chi connectivity index (χ0) is 10.8. The molecule has 0 radical (unpaired) electrons. The van der Waals surface area contributed by atoms with Gasteiger partial charge in [0.1, 0.15) is 6.23 Å². The molecule has 2 heterocycles. The Morgan fingerprint density at radius 3 is 2.87 bits per heavy atom. The number of likely N-dealkylation sites (N-methyl/N-ethyl adjacent to an activating group) is 1. The van der Waals surface area contributed by atoms with Gasteiger partial charge in [0.05, 0.1) is 6.10 Å². The Hall–Kier alpha value is -0.120. The van der Waals surface area contributed by atoms with E-state index in [-0.39, 0.29) is 0 Å². The van der Waals surface area contributed by atoms with Gasteiger partial charge >= 0.3 is 0 Å². The summed E-state index contributed by atoms with van der Waals surface area (Å²) in [5.41, 5.74) is 0. The molecular weight excluding hydrogens is 188 g/mol. The van der Waals surface area contributed by atoms with Crippen LogP contribution < -0.4 is 0 Å². The molecule has 0 N–H and O–H groups in total. The third kappa shape index (κ3) is 2.71. The van der Waals surface area contributed by atoms with Crippen molar-refractivity contribution < 1.29 is 4.74 Å². The predicted octanol–water partition coefficient (Wildman–Crippen LogP) is 1.54. The van der Waals surface area contributed by atoms with Crippen LogP contribution in [-0.2, 0) is 4.74 Å². The highest BCUT2D eigenvalue weighted by Gasteiger charge is 2.44. The summed E-state index contributed by atoms with van der Waals surface area (Å²) in [7, 11) is 4.37. The molecule has 2 aliphatic rings. The van der Waals surface area contributed by atoms with Crippen molar-refractivity contribution >= 4 is 0 Å². The van der Waals surface area contributed by atoms with Crippen molar-refractivity contribution in [1.29, 1.82) is 0 Å². The first-order valence-corrected chi connectivity index (χ1v) is 6.28. The zero-order valence-electron chi connectivity index (χ0n) is 10.3. The number of epoxide rings is 1. The Bertz CT molecular complexity index is 208. The topological polar surface area (TPSA) is 19.0 Å². The molecule has 0 aromatic rings. The molecule has 2 rings (SSSR count). The van der Waals surface area contributed by atoms with Crippen LogP contribution in [0.1, 0.15) is 32.6 Å². The molecule has 0 aromatic heterocycles. The molecule has 3 nitrogen and oxygen atoms in total. The molecule has 0 bridgehead atoms. The van der Waals surface area contributed by atoms with E-state index in [1.165, 1.54) is 38.8 Å². The van der Waals surface area contributed by atoms with Gasteiger partial charge in [-0.2, -0.15) is 0 Å². The van der Waals surface area contributed by atoms with Crippen LogP contribution in [0.3, 0.4) is 0 Å². The van der Waals surface area contributed by atoms with Gasteiger partial charge in [-0.05, 0) is 33.4 Å². The van der Waals surface area contributed by atoms with Crippen LogP contribution in [0.25, 0.3) is 0 Å². The summed E-state index contributed by atoms with van der Waals surface area (Å²) in [6, 6.07) is 0.727. The van der Waals surface area contributed by atoms with Gasteiger partial charge in [0.25, 0.3) is 0 Å². The Labute approximate surface area is 93.4 Å². The molecule has 2 saturated heterocycles. The Kier molecular flexibility index (Phi) is 3.65. The normalized spacial score (nSPS) is 37.2. The molecule has 0 amide bonds. The molecule has 2 aliphatic heterocycles. The Balaban J connectivity index is 1.79. The van der Waals surface area contributed by atoms with Crippen molar-refractivity contribution in [2.24, 2.45) is 0 Å². The van der Waals surface area contributed by atoms with Gasteiger partial charge in [-0.1, -0.05) is 13.3 Å². The van der Waals surface area contributed by atoms with Crippen molar-refractivity contribution in [1.82, 2.24) is 9.80 Å². The molecule has 0 saturated carbocycles. The molecule has 3 unspecified atom stereocenters. The fourth-order valence-corrected chi connectivity index (χ4v) is 2.59. The van der Waals surface area contributed by atoms with Gasteiger partial charge in [0, 0.05) is 19.1 Å². The molecule has 15 heavy (non-hydrogen) atoms. The number of hydrogen-bond acceptors (Lipinski definition) is 3. The first-order valence-electron chi connectivity index (χ1n) is 6.28. The third-order valence-corrected chi connectivity index (χ3v) is 3.65. The van der Waals surface area contributed by atoms with Crippen LogP contribution in [0.4, 0.5) is 0 Å². The highest BCUT2D eigenvalue weighted by Crippen LogP contribution is 2.32. The maximum Gasteiger partial charge on any atom is 0.137 e. The van der Waals surface area contributed by atoms with E-state index in [0.717, 1.165) is 6.04 Å². The lowest BCUT2D eigenvalue weighted by Gasteiger charge is -2.35. The van der Waals surface area contributed by atoms with E-state index in [0.29, 0.717) is 12.3 Å². The Morgan fingerprint density at radius 2 is 2.20 bits per heavy atom. The summed E-state index contributed by atoms with van der Waals surface area (Å²) in [6.07, 6.45) is 6.12. The molecule has 0 aliphatic carbocycles. The van der Waals surface area contributed by atoms with E-state index in [1.54, 1.807) is 0 Å². The van der Waals surface area contributed by atoms with Crippen LogP contribution >= 0.6 is 0 Å². The molecule has 0 aromatic carbocycles. The fourth-order valence-electron chi connectivity index (χ4n) is 2.59. The predicted molar refractivity (Wildman–Crippen MR) is 61.9 cm³/mol. The number of piperidine rings is 1. The van der Waals surface area contributed by atoms with E-state index < -0.39 is 0 Å². The van der Waals surface area contributed by atoms with Gasteiger partial charge < -0.3 is 9.64 Å². The minimum Gasteiger partial charge on any atom is -0.353 e. The van der Waals surface area contributed by atoms with Gasteiger partial charge in [0.2, 0.25) is 0 Å². The second-order valence-corrected chi connectivity index (χ2v) is 5.11. The number of likely N-dealkylation sites (tertiary alicyclic amines) is 1. The lowest BCUT2D eigenvalue weighted by molar-refractivity contribution is 0.0914. The first-order chi connectivity index (χ1) is 7.22. The molecular formula is C12H24N2O. The van der Waals surface area contributed by atoms with Crippen LogP contribution in [0.2, 0.25) is 0 Å². The Morgan fingerprint density at radius 1 is 1.40 bits per heavy atom. The summed E-state index contributed by atoms with van der Waals surface area (Å²) in [5.74, 6) is 0. The number of hydrogen-bond donors (Lipinski definition) is 0. The van der Waals surface area contributed by atoms with E-state index >= 15 is 0 Å². The average molecular weight is 212 g/mol. The summed E-state index contributed by atoms with van der Waals surface area (Å²) < 4.78 is 5.73. The highest BCUT2D eigenvalue weighted by molar-refractivity contribution is 4.89. The van der Waals surface area contributed by atoms with E-state index in [9.17, 15) is 0 Å². The lowest BCUT2D eigenvalue weighted by Crippen LogP contribution is -2.46. The highest BCUT2D eigenvalue weighted by atomic mass is 16.6. The standard InChI is InChI=1S/C12H24N2O/c1-4-6-11-12(15-11)14-8-5-7-10(9-14)13(2)3/h10-12H,4-9H2,1-3H3. The molecule has 2 fully saturated rings. The average Bonchev–Trinajstić information content (AvgIpc) is 2.98. The summed E-state index contributed by atoms with van der Waals surface area (Å²) in [6.45, 7) is 4.66. The largest absolute Gasteiger partial charge is 0.353 e. The van der Waals surface area contributed by atoms with E-state index in [1.807, 2.05) is 0 Å². The van der Waals surface area contributed by atoms with Crippen LogP contribution in [0.5, 0.6) is 0 Å². The maximum absolute atomic E-state index is 5.73. The van der Waals surface area contributed by atoms with Crippen molar-refractivity contribution in [2.45, 2.75) is 51.0 Å². The smallest absolute Gasteiger partial charge is 0.137 e. The van der Waals surface area contributed by atoms with Crippen LogP contribution in [0, 0.1) is 0 Å². The van der Waals surface area contributed by atoms with Gasteiger partial charge in [-0.3, -0.25) is 4.90 Å². The van der Waals surface area contributed by atoms with Crippen molar-refractivity contribution in [2.75, 3.05) is 27.2 Å². The number of nitrogens with zero attached hydrogens (tertiary/aromatic N) is 2. The van der Waals surface area contributed by atoms with Crippen LogP contribution in [-0.4, -0.2) is 55.4 Å². The lowest BCUT2D eigenvalue weighted by atomic mass is 10.0. The van der Waals surface area contributed by atoms with Gasteiger partial charge in [-0.25, -0.2) is 0 Å². The van der Waals surface area contributed by atoms with Crippen molar-refractivity contribution in [3.05, 3.63) is 0 Å². The van der Waals surface area contributed by atoms with Crippen LogP contribution in [0.15, 0.2) is 0 Å². The fraction of sp³-hybridized carbons (Fsp3) is 1.00. The minimum atomic E-state index is 0.452. The molecule has 3 heteroatoms. The SMILES string of the molecule is CCCC1OC1N1CCCC(N(C)C)C1. The molecule has 88 valence electrons. The van der Waals surface area contributed by atoms with E-state index in [4.69, 9.17) is 4.74 Å². The second-order valence-electron chi connectivity index (χ2n) is 5.11. The van der Waals surface area contributed by atoms with Gasteiger partial charge in [-0.15, -0.1) is 0 Å². The number of rotatable bonds is 4. The second kappa shape index (κ2) is 4.81. The summed E-state index contributed by atoms with van der Waals surface area (Å²) >= 11 is 0. The quantitative estimate of drug-likeness (QED) is 0.659. The zero-order valence-corrected chi connectivity index (χ0v) is 10.3. The number of ether oxygens (including phenoxy) is 1. The summed E-state index contributed by atoms with van der Waals surface area (Å²) in [4.78, 5) is 4.89. The van der Waals surface area contributed by atoms with Gasteiger partial charge in [0.15, 0.2) is 0 Å². The first kappa shape index (κ1) is 11.4. The minimum absolute atomic E-state index is 0.452. The molecule has 0 spiro atoms. The van der Waals surface area contributed by atoms with Crippen molar-refractivity contribution in [3.63, 3.8) is 0 Å². The summed E-state index contributed by atoms with van der Waals surface area (Å²) in [5, 5.41) is 0. The van der Waals surface area contributed by atoms with E-state index in [2.05, 4.69) is 30.8 Å². The van der Waals surface area contributed by atoms with Crippen molar-refractivity contribution in [3.8, 4) is 0 Å². The monoisotopic (exact) mass is 212 g/mol. The molecule has 3 atom stereocenters.